The van der Waals surface area contributed by atoms with E-state index in [0.29, 0.717) is 31.8 Å². The third-order valence-corrected chi connectivity index (χ3v) is 8.63. The maximum Gasteiger partial charge on any atom is 0.248 e. The number of unbranched alkanes of at least 4 members (excludes halogenated alkanes) is 1. The van der Waals surface area contributed by atoms with Crippen LogP contribution >= 0.6 is 0 Å². The van der Waals surface area contributed by atoms with Crippen molar-refractivity contribution in [3.05, 3.63) is 36.1 Å². The maximum atomic E-state index is 13.7. The number of piperidine rings is 1. The highest BCUT2D eigenvalue weighted by atomic mass is 19.3. The van der Waals surface area contributed by atoms with Crippen molar-refractivity contribution in [3.63, 3.8) is 0 Å². The molecule has 0 radical (unpaired) electrons. The van der Waals surface area contributed by atoms with Gasteiger partial charge in [0.25, 0.3) is 0 Å². The summed E-state index contributed by atoms with van der Waals surface area (Å²) in [6, 6.07) is 8.29. The molecule has 7 heteroatoms. The number of halogens is 2. The first-order valence-corrected chi connectivity index (χ1v) is 13.8. The predicted octanol–water partition coefficient (Wildman–Crippen LogP) is 5.95. The molecule has 1 aliphatic heterocycles. The number of rotatable bonds is 12. The lowest BCUT2D eigenvalue weighted by Crippen LogP contribution is -2.52. The van der Waals surface area contributed by atoms with Crippen LogP contribution in [0.25, 0.3) is 11.0 Å². The van der Waals surface area contributed by atoms with E-state index in [9.17, 15) is 13.9 Å². The Morgan fingerprint density at radius 3 is 2.78 bits per heavy atom. The quantitative estimate of drug-likeness (QED) is 0.348. The molecule has 1 saturated heterocycles. The fourth-order valence-corrected chi connectivity index (χ4v) is 6.58. The number of ether oxygens (including phenoxy) is 1. The van der Waals surface area contributed by atoms with E-state index in [1.807, 2.05) is 31.3 Å². The summed E-state index contributed by atoms with van der Waals surface area (Å²) >= 11 is 0. The van der Waals surface area contributed by atoms with E-state index in [1.165, 1.54) is 0 Å². The number of fused-ring (bicyclic) bond motifs is 1. The highest BCUT2D eigenvalue weighted by molar-refractivity contribution is 5.81. The minimum absolute atomic E-state index is 0.0148. The van der Waals surface area contributed by atoms with Crippen molar-refractivity contribution in [2.75, 3.05) is 40.4 Å². The Morgan fingerprint density at radius 1 is 1.22 bits per heavy atom. The van der Waals surface area contributed by atoms with Gasteiger partial charge in [0.15, 0.2) is 0 Å². The van der Waals surface area contributed by atoms with Crippen LogP contribution in [0, 0.1) is 11.8 Å². The van der Waals surface area contributed by atoms with E-state index in [0.717, 1.165) is 68.3 Å². The van der Waals surface area contributed by atoms with Gasteiger partial charge in [-0.2, -0.15) is 0 Å². The molecular weight excluding hydrogens is 462 g/mol. The van der Waals surface area contributed by atoms with Crippen molar-refractivity contribution in [1.29, 1.82) is 0 Å². The maximum absolute atomic E-state index is 13.7. The fourth-order valence-electron chi connectivity index (χ4n) is 6.58. The lowest BCUT2D eigenvalue weighted by atomic mass is 9.73. The molecule has 202 valence electrons. The molecule has 2 fully saturated rings. The Hall–Kier alpha value is -1.54. The molecule has 2 aliphatic rings. The molecule has 0 bridgehead atoms. The molecule has 1 aliphatic carbocycles. The van der Waals surface area contributed by atoms with Crippen LogP contribution in [-0.2, 0) is 10.3 Å². The third kappa shape index (κ3) is 6.47. The summed E-state index contributed by atoms with van der Waals surface area (Å²) in [5.74, 6) is -2.08. The SMILES string of the molecule is CNCC(CC1CCC(F)(F)CC1)N1CCCC(C(O)(CCCCOC)c2cccc3ccoc23)C1. The number of hydrogen-bond acceptors (Lipinski definition) is 5. The molecule has 0 amide bonds. The van der Waals surface area contributed by atoms with Gasteiger partial charge in [-0.3, -0.25) is 4.90 Å². The van der Waals surface area contributed by atoms with E-state index < -0.39 is 11.5 Å². The summed E-state index contributed by atoms with van der Waals surface area (Å²) in [5.41, 5.74) is 0.661. The molecule has 2 N–H and O–H groups in total. The summed E-state index contributed by atoms with van der Waals surface area (Å²) in [6.45, 7) is 3.30. The second-order valence-electron chi connectivity index (χ2n) is 11.1. The van der Waals surface area contributed by atoms with Gasteiger partial charge in [-0.1, -0.05) is 18.2 Å². The molecule has 36 heavy (non-hydrogen) atoms. The van der Waals surface area contributed by atoms with Crippen LogP contribution in [0.1, 0.15) is 69.8 Å². The number of aliphatic hydroxyl groups is 1. The smallest absolute Gasteiger partial charge is 0.248 e. The average molecular weight is 507 g/mol. The summed E-state index contributed by atoms with van der Waals surface area (Å²) in [7, 11) is 3.68. The number of alkyl halides is 2. The second kappa shape index (κ2) is 12.3. The first kappa shape index (κ1) is 27.5. The number of nitrogens with zero attached hydrogens (tertiary/aromatic N) is 1. The van der Waals surface area contributed by atoms with Gasteiger partial charge >= 0.3 is 0 Å². The van der Waals surface area contributed by atoms with Crippen LogP contribution in [0.4, 0.5) is 8.78 Å². The Balaban J connectivity index is 1.53. The largest absolute Gasteiger partial charge is 0.464 e. The van der Waals surface area contributed by atoms with E-state index in [-0.39, 0.29) is 24.8 Å². The zero-order valence-electron chi connectivity index (χ0n) is 22.0. The van der Waals surface area contributed by atoms with Gasteiger partial charge < -0.3 is 19.6 Å². The van der Waals surface area contributed by atoms with E-state index in [4.69, 9.17) is 9.15 Å². The zero-order chi connectivity index (χ0) is 25.6. The van der Waals surface area contributed by atoms with Crippen LogP contribution in [-0.4, -0.2) is 62.4 Å². The van der Waals surface area contributed by atoms with Gasteiger partial charge in [0.1, 0.15) is 5.58 Å². The number of benzene rings is 1. The normalized spacial score (nSPS) is 24.1. The van der Waals surface area contributed by atoms with Gasteiger partial charge in [0, 0.05) is 62.6 Å². The molecular formula is C29H44F2N2O3. The van der Waals surface area contributed by atoms with Gasteiger partial charge in [-0.25, -0.2) is 8.78 Å². The average Bonchev–Trinajstić information content (AvgIpc) is 3.36. The van der Waals surface area contributed by atoms with Crippen molar-refractivity contribution in [2.24, 2.45) is 11.8 Å². The summed E-state index contributed by atoms with van der Waals surface area (Å²) in [4.78, 5) is 2.51. The van der Waals surface area contributed by atoms with Crippen LogP contribution in [0.3, 0.4) is 0 Å². The van der Waals surface area contributed by atoms with E-state index >= 15 is 0 Å². The Bertz CT molecular complexity index is 941. The molecule has 1 aromatic heterocycles. The van der Waals surface area contributed by atoms with Crippen molar-refractivity contribution in [1.82, 2.24) is 10.2 Å². The minimum atomic E-state index is -2.49. The van der Waals surface area contributed by atoms with E-state index in [1.54, 1.807) is 13.4 Å². The van der Waals surface area contributed by atoms with Gasteiger partial charge in [0.2, 0.25) is 5.92 Å². The molecule has 1 saturated carbocycles. The summed E-state index contributed by atoms with van der Waals surface area (Å²) in [5, 5.41) is 16.8. The second-order valence-corrected chi connectivity index (χ2v) is 11.1. The monoisotopic (exact) mass is 506 g/mol. The molecule has 1 aromatic carbocycles. The molecule has 4 rings (SSSR count). The Kier molecular flexibility index (Phi) is 9.42. The van der Waals surface area contributed by atoms with Gasteiger partial charge in [0.05, 0.1) is 11.9 Å². The lowest BCUT2D eigenvalue weighted by Gasteiger charge is -2.46. The van der Waals surface area contributed by atoms with Crippen LogP contribution in [0.2, 0.25) is 0 Å². The highest BCUT2D eigenvalue weighted by Crippen LogP contribution is 2.44. The predicted molar refractivity (Wildman–Crippen MR) is 139 cm³/mol. The lowest BCUT2D eigenvalue weighted by molar-refractivity contribution is -0.0718. The topological polar surface area (TPSA) is 57.9 Å². The standard InChI is InChI=1S/C29H44F2N2O3/c1-32-20-25(19-22-10-14-28(30,31)15-11-22)33-16-6-8-24(21-33)29(34,13-3-4-17-35-2)26-9-5-7-23-12-18-36-27(23)26/h5,7,9,12,18,22,24-25,32,34H,3-4,6,8,10-11,13-17,19-21H2,1-2H3. The van der Waals surface area contributed by atoms with Crippen LogP contribution in [0.15, 0.2) is 34.9 Å². The number of methoxy groups -OCH3 is 1. The molecule has 2 aromatic rings. The van der Waals surface area contributed by atoms with Gasteiger partial charge in [-0.05, 0) is 76.9 Å². The Morgan fingerprint density at radius 2 is 2.03 bits per heavy atom. The highest BCUT2D eigenvalue weighted by Gasteiger charge is 2.43. The number of nitrogens with one attached hydrogen (secondary N) is 1. The molecule has 2 heterocycles. The zero-order valence-corrected chi connectivity index (χ0v) is 22.0. The van der Waals surface area contributed by atoms with Gasteiger partial charge in [-0.15, -0.1) is 0 Å². The fraction of sp³-hybridized carbons (Fsp3) is 0.724. The first-order chi connectivity index (χ1) is 17.4. The number of likely N-dealkylation sites (N-methyl/N-ethyl adjacent to an activating group) is 1. The van der Waals surface area contributed by atoms with Crippen LogP contribution < -0.4 is 5.32 Å². The number of furan rings is 1. The van der Waals surface area contributed by atoms with Crippen molar-refractivity contribution in [2.45, 2.75) is 81.8 Å². The number of likely N-dealkylation sites (tertiary alicyclic amines) is 1. The van der Waals surface area contributed by atoms with Crippen molar-refractivity contribution in [3.8, 4) is 0 Å². The minimum Gasteiger partial charge on any atom is -0.464 e. The summed E-state index contributed by atoms with van der Waals surface area (Å²) in [6.07, 6.45) is 8.27. The molecule has 5 nitrogen and oxygen atoms in total. The van der Waals surface area contributed by atoms with Crippen molar-refractivity contribution < 1.29 is 23.0 Å². The number of para-hydroxylation sites is 1. The summed E-state index contributed by atoms with van der Waals surface area (Å²) < 4.78 is 38.6. The molecule has 0 spiro atoms. The van der Waals surface area contributed by atoms with Crippen LogP contribution in [0.5, 0.6) is 0 Å². The number of hydrogen-bond donors (Lipinski definition) is 2. The molecule has 3 unspecified atom stereocenters. The van der Waals surface area contributed by atoms with E-state index in [2.05, 4.69) is 10.2 Å². The third-order valence-electron chi connectivity index (χ3n) is 8.63. The Labute approximate surface area is 214 Å². The molecule has 3 atom stereocenters. The van der Waals surface area contributed by atoms with Crippen molar-refractivity contribution >= 4 is 11.0 Å². The first-order valence-electron chi connectivity index (χ1n) is 13.8.